The van der Waals surface area contributed by atoms with Gasteiger partial charge in [0.15, 0.2) is 0 Å². The highest BCUT2D eigenvalue weighted by atomic mass is 14.6. The largest absolute Gasteiger partial charge is 0.330 e. The summed E-state index contributed by atoms with van der Waals surface area (Å²) in [4.78, 5) is 3.98. The van der Waals surface area contributed by atoms with Crippen LogP contribution in [0.1, 0.15) is 123 Å². The fraction of sp³-hybridized carbons (Fsp3) is 0.431. The standard InChI is InChI=1S/C13H18.C10H12.C9H17N.C6H7N.C6H12.C3H4.2C2H6/c1-10(2)12(4)9-13-7-5-11(3)6-8-13;1-3-5-10-7-4-6-9(2)8-10;1-2-3-4-5-6-7-8-9-10;1-6-4-2-3-5-7-6;1-5(2)6(3)4;1-3-2;2*1-2/h5-8,12H,1,9H2,2-4H3;3-4,6-8H,1,5H2,2H3;2-4H,1,5-10H2;2-5H,1H3;6H,1H2,2-4H3;1H,2H3;2*1-2H3/b;;4-3+;;;;;. The first kappa shape index (κ1) is 58.1. The van der Waals surface area contributed by atoms with Crippen LogP contribution in [-0.2, 0) is 12.8 Å². The highest BCUT2D eigenvalue weighted by molar-refractivity contribution is 5.24. The predicted octanol–water partition coefficient (Wildman–Crippen LogP) is 15.0. The Balaban J connectivity index is -0.000000177. The highest BCUT2D eigenvalue weighted by Crippen LogP contribution is 2.15. The van der Waals surface area contributed by atoms with Crippen molar-refractivity contribution in [3.05, 3.63) is 163 Å². The zero-order chi connectivity index (χ0) is 41.9. The van der Waals surface area contributed by atoms with Crippen molar-refractivity contribution in [2.75, 3.05) is 6.54 Å². The molecular weight excluding hydrogens is 641 g/mol. The lowest BCUT2D eigenvalue weighted by atomic mass is 9.95. The lowest BCUT2D eigenvalue weighted by molar-refractivity contribution is 0.680. The number of aromatic nitrogens is 1. The normalized spacial score (nSPS) is 9.40. The fourth-order valence-corrected chi connectivity index (χ4v) is 3.48. The third kappa shape index (κ3) is 47.8. The number of nitrogens with zero attached hydrogens (tertiary/aromatic N) is 1. The highest BCUT2D eigenvalue weighted by Gasteiger charge is 2.03. The molecule has 1 unspecified atom stereocenters. The van der Waals surface area contributed by atoms with E-state index in [9.17, 15) is 0 Å². The zero-order valence-electron chi connectivity index (χ0n) is 36.8. The summed E-state index contributed by atoms with van der Waals surface area (Å²) in [6.45, 7) is 42.3. The van der Waals surface area contributed by atoms with Gasteiger partial charge in [-0.2, -0.15) is 0 Å². The first-order chi connectivity index (χ1) is 25.3. The van der Waals surface area contributed by atoms with E-state index >= 15 is 0 Å². The smallest absolute Gasteiger partial charge is 0.0372 e. The number of hydrogen-bond donors (Lipinski definition) is 1. The predicted molar refractivity (Wildman–Crippen MR) is 247 cm³/mol. The van der Waals surface area contributed by atoms with E-state index in [0.717, 1.165) is 37.9 Å². The summed E-state index contributed by atoms with van der Waals surface area (Å²) >= 11 is 0. The summed E-state index contributed by atoms with van der Waals surface area (Å²) in [5.74, 6) is 3.49. The van der Waals surface area contributed by atoms with E-state index in [-0.39, 0.29) is 0 Å². The molecule has 0 aliphatic rings. The van der Waals surface area contributed by atoms with E-state index in [0.29, 0.717) is 11.8 Å². The van der Waals surface area contributed by atoms with Crippen molar-refractivity contribution in [1.29, 1.82) is 0 Å². The van der Waals surface area contributed by atoms with Gasteiger partial charge in [-0.05, 0) is 115 Å². The Labute approximate surface area is 331 Å². The second-order valence-electron chi connectivity index (χ2n) is 12.5. The summed E-state index contributed by atoms with van der Waals surface area (Å²) in [6, 6.07) is 23.1. The third-order valence-electron chi connectivity index (χ3n) is 7.11. The molecule has 2 nitrogen and oxygen atoms in total. The van der Waals surface area contributed by atoms with Gasteiger partial charge in [0.2, 0.25) is 0 Å². The van der Waals surface area contributed by atoms with Crippen molar-refractivity contribution in [2.45, 2.75) is 129 Å². The van der Waals surface area contributed by atoms with Gasteiger partial charge in [0.25, 0.3) is 0 Å². The molecule has 1 atom stereocenters. The Bertz CT molecular complexity index is 1300. The van der Waals surface area contributed by atoms with E-state index in [1.807, 2.05) is 78.0 Å². The van der Waals surface area contributed by atoms with Crippen molar-refractivity contribution in [3.8, 4) is 12.3 Å². The van der Waals surface area contributed by atoms with Crippen molar-refractivity contribution in [3.63, 3.8) is 0 Å². The molecule has 0 fully saturated rings. The molecule has 2 heteroatoms. The van der Waals surface area contributed by atoms with E-state index < -0.39 is 0 Å². The molecule has 53 heavy (non-hydrogen) atoms. The average Bonchev–Trinajstić information content (AvgIpc) is 3.14. The van der Waals surface area contributed by atoms with Gasteiger partial charge < -0.3 is 5.73 Å². The van der Waals surface area contributed by atoms with Crippen molar-refractivity contribution in [1.82, 2.24) is 4.98 Å². The Hall–Kier alpha value is -4.19. The van der Waals surface area contributed by atoms with Gasteiger partial charge in [0.1, 0.15) is 0 Å². The monoisotopic (exact) mass is 723 g/mol. The number of aryl methyl sites for hydroxylation is 3. The second kappa shape index (κ2) is 45.8. The van der Waals surface area contributed by atoms with Crippen LogP contribution in [0, 0.1) is 45.0 Å². The van der Waals surface area contributed by atoms with Crippen LogP contribution >= 0.6 is 0 Å². The summed E-state index contributed by atoms with van der Waals surface area (Å²) < 4.78 is 0. The van der Waals surface area contributed by atoms with Crippen molar-refractivity contribution < 1.29 is 0 Å². The third-order valence-corrected chi connectivity index (χ3v) is 7.11. The Morgan fingerprint density at radius 1 is 0.792 bits per heavy atom. The van der Waals surface area contributed by atoms with Crippen molar-refractivity contribution in [2.24, 2.45) is 17.6 Å². The fourth-order valence-electron chi connectivity index (χ4n) is 3.48. The molecule has 0 saturated carbocycles. The Morgan fingerprint density at radius 3 is 1.74 bits per heavy atom. The number of hydrogen-bond acceptors (Lipinski definition) is 2. The molecule has 0 aliphatic carbocycles. The van der Waals surface area contributed by atoms with Crippen LogP contribution in [0.15, 0.2) is 135 Å². The quantitative estimate of drug-likeness (QED) is 0.0875. The Kier molecular flexibility index (Phi) is 50.3. The summed E-state index contributed by atoms with van der Waals surface area (Å²) in [7, 11) is 0. The molecule has 0 aliphatic heterocycles. The number of nitrogens with two attached hydrogens (primary N) is 1. The summed E-state index contributed by atoms with van der Waals surface area (Å²) in [5.41, 5.74) is 14.3. The molecule has 0 saturated heterocycles. The van der Waals surface area contributed by atoms with Crippen LogP contribution in [-0.4, -0.2) is 11.5 Å². The number of unbranched alkanes of at least 4 members (excludes halogenated alkanes) is 3. The summed E-state index contributed by atoms with van der Waals surface area (Å²) in [6.07, 6.45) is 21.1. The first-order valence-electron chi connectivity index (χ1n) is 19.5. The molecule has 1 aromatic heterocycles. The molecule has 0 amide bonds. The minimum Gasteiger partial charge on any atom is -0.330 e. The minimum absolute atomic E-state index is 0.586. The maximum atomic E-state index is 5.34. The molecule has 0 spiro atoms. The lowest BCUT2D eigenvalue weighted by Crippen LogP contribution is -1.99. The lowest BCUT2D eigenvalue weighted by Gasteiger charge is -2.10. The van der Waals surface area contributed by atoms with Gasteiger partial charge in [-0.25, -0.2) is 0 Å². The maximum absolute atomic E-state index is 5.34. The summed E-state index contributed by atoms with van der Waals surface area (Å²) in [5, 5.41) is 0. The van der Waals surface area contributed by atoms with Crippen LogP contribution in [0.5, 0.6) is 0 Å². The van der Waals surface area contributed by atoms with Crippen LogP contribution in [0.2, 0.25) is 0 Å². The van der Waals surface area contributed by atoms with E-state index in [2.05, 4.69) is 140 Å². The molecule has 0 radical (unpaired) electrons. The van der Waals surface area contributed by atoms with Gasteiger partial charge in [-0.15, -0.1) is 18.9 Å². The molecular formula is C51H82N2. The second-order valence-corrected chi connectivity index (χ2v) is 12.5. The number of terminal acetylenes is 1. The number of benzene rings is 2. The van der Waals surface area contributed by atoms with E-state index in [1.54, 1.807) is 13.1 Å². The molecule has 2 N–H and O–H groups in total. The van der Waals surface area contributed by atoms with Gasteiger partial charge in [-0.3, -0.25) is 4.98 Å². The van der Waals surface area contributed by atoms with Gasteiger partial charge in [-0.1, -0.05) is 176 Å². The SMILES string of the molecule is C#CC.C=C(C)C(C)C.C=C(C)C(C)Cc1ccc(C)cc1.C=C/C=C/CCCCCN.C=CCc1cccc(C)c1.CC.CC.Cc1ccccn1. The molecule has 3 rings (SSSR count). The molecule has 296 valence electrons. The average molecular weight is 723 g/mol. The maximum Gasteiger partial charge on any atom is 0.0372 e. The number of allylic oxidation sites excluding steroid dienone is 6. The molecule has 0 bridgehead atoms. The molecule has 1 heterocycles. The van der Waals surface area contributed by atoms with Crippen LogP contribution < -0.4 is 5.73 Å². The molecule has 3 aromatic rings. The number of pyridine rings is 1. The van der Waals surface area contributed by atoms with E-state index in [1.165, 1.54) is 46.2 Å². The van der Waals surface area contributed by atoms with E-state index in [4.69, 9.17) is 5.73 Å². The minimum atomic E-state index is 0.586. The number of rotatable bonds is 12. The van der Waals surface area contributed by atoms with Gasteiger partial charge in [0, 0.05) is 11.9 Å². The van der Waals surface area contributed by atoms with Crippen LogP contribution in [0.25, 0.3) is 0 Å². The first-order valence-corrected chi connectivity index (χ1v) is 19.5. The van der Waals surface area contributed by atoms with Crippen LogP contribution in [0.3, 0.4) is 0 Å². The zero-order valence-corrected chi connectivity index (χ0v) is 36.8. The van der Waals surface area contributed by atoms with Crippen molar-refractivity contribution >= 4 is 0 Å². The van der Waals surface area contributed by atoms with Crippen LogP contribution in [0.4, 0.5) is 0 Å². The Morgan fingerprint density at radius 2 is 1.36 bits per heavy atom. The molecule has 2 aromatic carbocycles. The van der Waals surface area contributed by atoms with Gasteiger partial charge >= 0.3 is 0 Å². The topological polar surface area (TPSA) is 38.9 Å². The van der Waals surface area contributed by atoms with Gasteiger partial charge in [0.05, 0.1) is 0 Å².